The molecule has 0 radical (unpaired) electrons. The highest BCUT2D eigenvalue weighted by atomic mass is 16.2. The fourth-order valence-corrected chi connectivity index (χ4v) is 4.32. The minimum Gasteiger partial charge on any atom is -0.345 e. The van der Waals surface area contributed by atoms with Crippen LogP contribution in [0, 0.1) is 6.92 Å². The summed E-state index contributed by atoms with van der Waals surface area (Å²) < 4.78 is 1.59. The largest absolute Gasteiger partial charge is 0.345 e. The first-order chi connectivity index (χ1) is 15.9. The molecule has 4 aromatic rings. The van der Waals surface area contributed by atoms with Crippen molar-refractivity contribution >= 4 is 22.9 Å². The molecule has 0 unspecified atom stereocenters. The Hall–Kier alpha value is -4.00. The van der Waals surface area contributed by atoms with Crippen molar-refractivity contribution < 1.29 is 4.79 Å². The fourth-order valence-electron chi connectivity index (χ4n) is 4.32. The zero-order valence-corrected chi connectivity index (χ0v) is 18.9. The maximum Gasteiger partial charge on any atom is 0.256 e. The van der Waals surface area contributed by atoms with Crippen LogP contribution in [0.25, 0.3) is 16.7 Å². The Morgan fingerprint density at radius 3 is 2.39 bits per heavy atom. The molecule has 1 amide bonds. The van der Waals surface area contributed by atoms with Crippen LogP contribution in [-0.2, 0) is 13.0 Å². The lowest BCUT2D eigenvalue weighted by Gasteiger charge is -2.29. The number of aromatic nitrogens is 3. The number of nitrogens with zero attached hydrogens (tertiary/aromatic N) is 5. The van der Waals surface area contributed by atoms with E-state index < -0.39 is 0 Å². The predicted molar refractivity (Wildman–Crippen MR) is 129 cm³/mol. The third-order valence-corrected chi connectivity index (χ3v) is 6.12. The van der Waals surface area contributed by atoms with Crippen LogP contribution in [0.3, 0.4) is 0 Å². The van der Waals surface area contributed by atoms with E-state index in [0.717, 1.165) is 30.6 Å². The molecule has 166 valence electrons. The van der Waals surface area contributed by atoms with E-state index in [2.05, 4.69) is 29.2 Å². The minimum absolute atomic E-state index is 0.0855. The molecule has 5 rings (SSSR count). The van der Waals surface area contributed by atoms with E-state index >= 15 is 0 Å². The van der Waals surface area contributed by atoms with Crippen LogP contribution >= 0.6 is 0 Å². The number of pyridine rings is 1. The second-order valence-electron chi connectivity index (χ2n) is 8.54. The second-order valence-corrected chi connectivity index (χ2v) is 8.54. The van der Waals surface area contributed by atoms with Gasteiger partial charge in [0.2, 0.25) is 5.95 Å². The first-order valence-corrected chi connectivity index (χ1v) is 11.0. The summed E-state index contributed by atoms with van der Waals surface area (Å²) in [7, 11) is 3.43. The Kier molecular flexibility index (Phi) is 5.17. The Morgan fingerprint density at radius 2 is 1.67 bits per heavy atom. The maximum absolute atomic E-state index is 12.9. The van der Waals surface area contributed by atoms with Gasteiger partial charge < -0.3 is 9.80 Å². The Balaban J connectivity index is 1.60. The highest BCUT2D eigenvalue weighted by Gasteiger charge is 2.20. The molecule has 0 N–H and O–H groups in total. The van der Waals surface area contributed by atoms with Crippen LogP contribution in [0.5, 0.6) is 0 Å². The van der Waals surface area contributed by atoms with E-state index in [-0.39, 0.29) is 11.5 Å². The van der Waals surface area contributed by atoms with Crippen molar-refractivity contribution in [1.82, 2.24) is 19.4 Å². The van der Waals surface area contributed by atoms with Gasteiger partial charge in [-0.25, -0.2) is 4.98 Å². The lowest BCUT2D eigenvalue weighted by molar-refractivity contribution is 0.0827. The smallest absolute Gasteiger partial charge is 0.256 e. The van der Waals surface area contributed by atoms with Crippen LogP contribution in [0.4, 0.5) is 5.95 Å². The summed E-state index contributed by atoms with van der Waals surface area (Å²) in [5.74, 6) is 0.533. The molecule has 2 aromatic carbocycles. The molecule has 33 heavy (non-hydrogen) atoms. The molecule has 0 bridgehead atoms. The first-order valence-electron chi connectivity index (χ1n) is 11.0. The molecule has 3 heterocycles. The quantitative estimate of drug-likeness (QED) is 0.490. The molecule has 0 aliphatic carbocycles. The van der Waals surface area contributed by atoms with E-state index in [1.54, 1.807) is 49.0 Å². The number of anilines is 1. The fraction of sp³-hybridized carbons (Fsp3) is 0.231. The number of amides is 1. The van der Waals surface area contributed by atoms with E-state index in [0.29, 0.717) is 22.8 Å². The Bertz CT molecular complexity index is 1420. The lowest BCUT2D eigenvalue weighted by atomic mass is 10.0. The summed E-state index contributed by atoms with van der Waals surface area (Å²) >= 11 is 0. The van der Waals surface area contributed by atoms with Gasteiger partial charge in [-0.2, -0.15) is 4.98 Å². The third-order valence-electron chi connectivity index (χ3n) is 6.12. The van der Waals surface area contributed by atoms with Crippen molar-refractivity contribution in [3.8, 4) is 5.69 Å². The topological polar surface area (TPSA) is 71.3 Å². The molecule has 0 atom stereocenters. The van der Waals surface area contributed by atoms with Gasteiger partial charge in [0.1, 0.15) is 0 Å². The van der Waals surface area contributed by atoms with Crippen LogP contribution in [0.15, 0.2) is 65.5 Å². The van der Waals surface area contributed by atoms with Crippen molar-refractivity contribution in [2.45, 2.75) is 19.9 Å². The summed E-state index contributed by atoms with van der Waals surface area (Å²) in [6.45, 7) is 3.50. The highest BCUT2D eigenvalue weighted by molar-refractivity contribution is 5.94. The van der Waals surface area contributed by atoms with E-state index in [1.165, 1.54) is 22.1 Å². The van der Waals surface area contributed by atoms with Crippen molar-refractivity contribution in [2.75, 3.05) is 25.5 Å². The van der Waals surface area contributed by atoms with Crippen molar-refractivity contribution in [3.63, 3.8) is 0 Å². The molecule has 1 aliphatic rings. The Morgan fingerprint density at radius 1 is 0.939 bits per heavy atom. The van der Waals surface area contributed by atoms with Crippen LogP contribution in [0.2, 0.25) is 0 Å². The van der Waals surface area contributed by atoms with Gasteiger partial charge in [0.25, 0.3) is 11.5 Å². The number of benzene rings is 2. The SMILES string of the molecule is Cc1nc(N2CCc3ccccc3C2)nc2c1ccc(=O)n2-c1ccc(C(=O)N(C)C)cc1. The van der Waals surface area contributed by atoms with E-state index in [1.807, 2.05) is 6.92 Å². The van der Waals surface area contributed by atoms with Gasteiger partial charge >= 0.3 is 0 Å². The monoisotopic (exact) mass is 439 g/mol. The van der Waals surface area contributed by atoms with Crippen LogP contribution < -0.4 is 10.5 Å². The van der Waals surface area contributed by atoms with Gasteiger partial charge in [0.05, 0.1) is 11.4 Å². The summed E-state index contributed by atoms with van der Waals surface area (Å²) in [6, 6.07) is 18.8. The number of hydrogen-bond donors (Lipinski definition) is 0. The average molecular weight is 440 g/mol. The van der Waals surface area contributed by atoms with Crippen molar-refractivity contribution in [2.24, 2.45) is 0 Å². The molecule has 7 nitrogen and oxygen atoms in total. The Labute approximate surface area is 191 Å². The number of rotatable bonds is 3. The molecule has 0 spiro atoms. The molecule has 0 saturated heterocycles. The number of aryl methyl sites for hydroxylation is 1. The molecule has 2 aromatic heterocycles. The molecule has 7 heteroatoms. The highest BCUT2D eigenvalue weighted by Crippen LogP contribution is 2.25. The summed E-state index contributed by atoms with van der Waals surface area (Å²) in [5.41, 5.74) is 5.07. The third kappa shape index (κ3) is 3.75. The van der Waals surface area contributed by atoms with Crippen LogP contribution in [-0.4, -0.2) is 46.0 Å². The molecule has 1 aliphatic heterocycles. The van der Waals surface area contributed by atoms with Gasteiger partial charge in [-0.15, -0.1) is 0 Å². The van der Waals surface area contributed by atoms with Gasteiger partial charge in [-0.05, 0) is 54.8 Å². The normalized spacial score (nSPS) is 13.1. The lowest BCUT2D eigenvalue weighted by Crippen LogP contribution is -2.32. The summed E-state index contributed by atoms with van der Waals surface area (Å²) in [4.78, 5) is 38.5. The minimum atomic E-state index is -0.178. The number of carbonyl (C=O) groups is 1. The zero-order valence-electron chi connectivity index (χ0n) is 18.9. The summed E-state index contributed by atoms with van der Waals surface area (Å²) in [5, 5.41) is 0.823. The number of carbonyl (C=O) groups excluding carboxylic acids is 1. The first kappa shape index (κ1) is 20.9. The predicted octanol–water partition coefficient (Wildman–Crippen LogP) is 3.35. The van der Waals surface area contributed by atoms with Crippen LogP contribution in [0.1, 0.15) is 27.2 Å². The van der Waals surface area contributed by atoms with Gasteiger partial charge in [-0.3, -0.25) is 14.2 Å². The van der Waals surface area contributed by atoms with E-state index in [9.17, 15) is 9.59 Å². The number of hydrogen-bond acceptors (Lipinski definition) is 5. The molecular formula is C26H25N5O2. The summed E-state index contributed by atoms with van der Waals surface area (Å²) in [6.07, 6.45) is 0.930. The average Bonchev–Trinajstić information content (AvgIpc) is 2.83. The zero-order chi connectivity index (χ0) is 23.1. The number of fused-ring (bicyclic) bond motifs is 2. The molecule has 0 saturated carbocycles. The van der Waals surface area contributed by atoms with Crippen molar-refractivity contribution in [1.29, 1.82) is 0 Å². The maximum atomic E-state index is 12.9. The van der Waals surface area contributed by atoms with E-state index in [4.69, 9.17) is 9.97 Å². The molecular weight excluding hydrogens is 414 g/mol. The standard InChI is InChI=1S/C26H25N5O2/c1-17-22-12-13-23(32)31(21-10-8-19(9-11-21)25(33)29(2)3)24(22)28-26(27-17)30-15-14-18-6-4-5-7-20(18)16-30/h4-13H,14-16H2,1-3H3. The second kappa shape index (κ2) is 8.16. The molecule has 0 fully saturated rings. The van der Waals surface area contributed by atoms with Gasteiger partial charge in [-0.1, -0.05) is 24.3 Å². The van der Waals surface area contributed by atoms with Crippen molar-refractivity contribution in [3.05, 3.63) is 93.4 Å². The van der Waals surface area contributed by atoms with Gasteiger partial charge in [0.15, 0.2) is 5.65 Å². The van der Waals surface area contributed by atoms with Gasteiger partial charge in [0, 0.05) is 44.2 Å².